The summed E-state index contributed by atoms with van der Waals surface area (Å²) in [6.07, 6.45) is 0. The summed E-state index contributed by atoms with van der Waals surface area (Å²) in [5.41, 5.74) is 1.07. The molecule has 0 atom stereocenters. The van der Waals surface area contributed by atoms with E-state index in [0.717, 1.165) is 5.69 Å². The number of benzene rings is 2. The van der Waals surface area contributed by atoms with Crippen LogP contribution in [0.15, 0.2) is 42.5 Å². The average molecular weight is 257 g/mol. The molecule has 0 spiro atoms. The van der Waals surface area contributed by atoms with Crippen molar-refractivity contribution in [1.82, 2.24) is 10.2 Å². The fourth-order valence-electron chi connectivity index (χ4n) is 1.83. The molecule has 0 saturated carbocycles. The normalized spacial score (nSPS) is 10.2. The summed E-state index contributed by atoms with van der Waals surface area (Å²) >= 11 is 0. The lowest BCUT2D eigenvalue weighted by atomic mass is 10.1. The van der Waals surface area contributed by atoms with Gasteiger partial charge in [-0.15, -0.1) is 0 Å². The monoisotopic (exact) mass is 257 g/mol. The molecule has 2 aromatic rings. The SMILES string of the molecule is CN(C)C(=O)NCCNc1ccc2ccccc2c1. The first-order valence-electron chi connectivity index (χ1n) is 6.34. The maximum Gasteiger partial charge on any atom is 0.316 e. The summed E-state index contributed by atoms with van der Waals surface area (Å²) in [7, 11) is 3.46. The van der Waals surface area contributed by atoms with Crippen molar-refractivity contribution in [3.05, 3.63) is 42.5 Å². The minimum atomic E-state index is -0.0692. The molecule has 0 unspecified atom stereocenters. The minimum absolute atomic E-state index is 0.0692. The number of anilines is 1. The number of fused-ring (bicyclic) bond motifs is 1. The fourth-order valence-corrected chi connectivity index (χ4v) is 1.83. The molecule has 0 aliphatic heterocycles. The summed E-state index contributed by atoms with van der Waals surface area (Å²) < 4.78 is 0. The van der Waals surface area contributed by atoms with Crippen molar-refractivity contribution in [1.29, 1.82) is 0 Å². The third-order valence-electron chi connectivity index (χ3n) is 2.89. The Morgan fingerprint density at radius 2 is 1.79 bits per heavy atom. The zero-order chi connectivity index (χ0) is 13.7. The number of carbonyl (C=O) groups is 1. The second-order valence-corrected chi connectivity index (χ2v) is 4.62. The minimum Gasteiger partial charge on any atom is -0.383 e. The molecule has 0 fully saturated rings. The highest BCUT2D eigenvalue weighted by atomic mass is 16.2. The van der Waals surface area contributed by atoms with Gasteiger partial charge in [-0.1, -0.05) is 30.3 Å². The highest BCUT2D eigenvalue weighted by Crippen LogP contribution is 2.18. The van der Waals surface area contributed by atoms with Gasteiger partial charge in [-0.3, -0.25) is 0 Å². The molecule has 2 aromatic carbocycles. The average Bonchev–Trinajstić information content (AvgIpc) is 2.43. The van der Waals surface area contributed by atoms with Crippen molar-refractivity contribution in [3.63, 3.8) is 0 Å². The first-order chi connectivity index (χ1) is 9.16. The zero-order valence-corrected chi connectivity index (χ0v) is 11.3. The van der Waals surface area contributed by atoms with Crippen molar-refractivity contribution in [3.8, 4) is 0 Å². The Morgan fingerprint density at radius 1 is 1.05 bits per heavy atom. The Morgan fingerprint density at radius 3 is 2.53 bits per heavy atom. The van der Waals surface area contributed by atoms with Crippen molar-refractivity contribution in [2.45, 2.75) is 0 Å². The Balaban J connectivity index is 1.86. The van der Waals surface area contributed by atoms with Gasteiger partial charge in [0.15, 0.2) is 0 Å². The summed E-state index contributed by atoms with van der Waals surface area (Å²) in [6.45, 7) is 1.31. The molecule has 4 heteroatoms. The molecule has 4 nitrogen and oxygen atoms in total. The van der Waals surface area contributed by atoms with E-state index >= 15 is 0 Å². The molecule has 2 rings (SSSR count). The zero-order valence-electron chi connectivity index (χ0n) is 11.3. The van der Waals surface area contributed by atoms with Gasteiger partial charge in [0.1, 0.15) is 0 Å². The van der Waals surface area contributed by atoms with E-state index in [1.54, 1.807) is 14.1 Å². The lowest BCUT2D eigenvalue weighted by molar-refractivity contribution is 0.218. The lowest BCUT2D eigenvalue weighted by Crippen LogP contribution is -2.37. The van der Waals surface area contributed by atoms with Crippen LogP contribution in [0.2, 0.25) is 0 Å². The fraction of sp³-hybridized carbons (Fsp3) is 0.267. The van der Waals surface area contributed by atoms with Crippen molar-refractivity contribution in [2.75, 3.05) is 32.5 Å². The van der Waals surface area contributed by atoms with E-state index in [1.165, 1.54) is 15.7 Å². The highest BCUT2D eigenvalue weighted by molar-refractivity contribution is 5.85. The van der Waals surface area contributed by atoms with E-state index < -0.39 is 0 Å². The predicted octanol–water partition coefficient (Wildman–Crippen LogP) is 2.52. The Bertz CT molecular complexity index is 566. The summed E-state index contributed by atoms with van der Waals surface area (Å²) in [4.78, 5) is 12.8. The van der Waals surface area contributed by atoms with Crippen LogP contribution in [0.5, 0.6) is 0 Å². The van der Waals surface area contributed by atoms with Crippen molar-refractivity contribution < 1.29 is 4.79 Å². The number of rotatable bonds is 4. The molecule has 0 bridgehead atoms. The molecule has 0 aromatic heterocycles. The number of hydrogen-bond donors (Lipinski definition) is 2. The first kappa shape index (κ1) is 13.2. The second-order valence-electron chi connectivity index (χ2n) is 4.62. The first-order valence-corrected chi connectivity index (χ1v) is 6.34. The van der Waals surface area contributed by atoms with E-state index in [9.17, 15) is 4.79 Å². The molecular formula is C15H19N3O. The van der Waals surface area contributed by atoms with Gasteiger partial charge in [0, 0.05) is 32.9 Å². The largest absolute Gasteiger partial charge is 0.383 e. The van der Waals surface area contributed by atoms with Crippen LogP contribution in [0.25, 0.3) is 10.8 Å². The molecule has 0 aliphatic carbocycles. The van der Waals surface area contributed by atoms with Crippen LogP contribution >= 0.6 is 0 Å². The third kappa shape index (κ3) is 3.61. The number of nitrogens with zero attached hydrogens (tertiary/aromatic N) is 1. The summed E-state index contributed by atoms with van der Waals surface area (Å²) in [6, 6.07) is 14.4. The highest BCUT2D eigenvalue weighted by Gasteiger charge is 2.00. The molecule has 0 radical (unpaired) electrons. The van der Waals surface area contributed by atoms with E-state index in [1.807, 2.05) is 12.1 Å². The Hall–Kier alpha value is -2.23. The number of urea groups is 1. The smallest absolute Gasteiger partial charge is 0.316 e. The topological polar surface area (TPSA) is 44.4 Å². The van der Waals surface area contributed by atoms with Crippen LogP contribution in [-0.4, -0.2) is 38.1 Å². The molecule has 0 aliphatic rings. The van der Waals surface area contributed by atoms with Crippen LogP contribution in [0, 0.1) is 0 Å². The molecule has 0 heterocycles. The molecule has 0 saturated heterocycles. The maximum absolute atomic E-state index is 11.3. The van der Waals surface area contributed by atoms with Crippen LogP contribution < -0.4 is 10.6 Å². The molecule has 100 valence electrons. The van der Waals surface area contributed by atoms with Gasteiger partial charge in [-0.25, -0.2) is 4.79 Å². The predicted molar refractivity (Wildman–Crippen MR) is 79.5 cm³/mol. The molecule has 19 heavy (non-hydrogen) atoms. The van der Waals surface area contributed by atoms with Gasteiger partial charge < -0.3 is 15.5 Å². The third-order valence-corrected chi connectivity index (χ3v) is 2.89. The molecular weight excluding hydrogens is 238 g/mol. The van der Waals surface area contributed by atoms with Gasteiger partial charge in [0.05, 0.1) is 0 Å². The Labute approximate surface area is 113 Å². The maximum atomic E-state index is 11.3. The number of hydrogen-bond acceptors (Lipinski definition) is 2. The van der Waals surface area contributed by atoms with E-state index in [4.69, 9.17) is 0 Å². The van der Waals surface area contributed by atoms with Gasteiger partial charge in [0.25, 0.3) is 0 Å². The molecule has 2 N–H and O–H groups in total. The van der Waals surface area contributed by atoms with Gasteiger partial charge in [-0.05, 0) is 22.9 Å². The number of carbonyl (C=O) groups excluding carboxylic acids is 1. The van der Waals surface area contributed by atoms with Crippen molar-refractivity contribution >= 4 is 22.5 Å². The van der Waals surface area contributed by atoms with Crippen LogP contribution in [-0.2, 0) is 0 Å². The lowest BCUT2D eigenvalue weighted by Gasteiger charge is -2.12. The van der Waals surface area contributed by atoms with Crippen molar-refractivity contribution in [2.24, 2.45) is 0 Å². The standard InChI is InChI=1S/C15H19N3O/c1-18(2)15(19)17-10-9-16-14-8-7-12-5-3-4-6-13(12)11-14/h3-8,11,16H,9-10H2,1-2H3,(H,17,19). The van der Waals surface area contributed by atoms with Crippen LogP contribution in [0.4, 0.5) is 10.5 Å². The van der Waals surface area contributed by atoms with Crippen LogP contribution in [0.3, 0.4) is 0 Å². The quantitative estimate of drug-likeness (QED) is 0.827. The number of amides is 2. The Kier molecular flexibility index (Phi) is 4.23. The summed E-state index contributed by atoms with van der Waals surface area (Å²) in [5.74, 6) is 0. The van der Waals surface area contributed by atoms with E-state index in [0.29, 0.717) is 13.1 Å². The van der Waals surface area contributed by atoms with Gasteiger partial charge >= 0.3 is 6.03 Å². The number of nitrogens with one attached hydrogen (secondary N) is 2. The molecule has 2 amide bonds. The van der Waals surface area contributed by atoms with E-state index in [2.05, 4.69) is 41.0 Å². The van der Waals surface area contributed by atoms with Crippen LogP contribution in [0.1, 0.15) is 0 Å². The van der Waals surface area contributed by atoms with Gasteiger partial charge in [0.2, 0.25) is 0 Å². The van der Waals surface area contributed by atoms with Gasteiger partial charge in [-0.2, -0.15) is 0 Å². The van der Waals surface area contributed by atoms with E-state index in [-0.39, 0.29) is 6.03 Å². The second kappa shape index (κ2) is 6.09. The summed E-state index contributed by atoms with van der Waals surface area (Å²) in [5, 5.41) is 8.56.